The molecule has 0 radical (unpaired) electrons. The first-order valence-corrected chi connectivity index (χ1v) is 7.89. The highest BCUT2D eigenvalue weighted by molar-refractivity contribution is 7.89. The number of hydrogen-bond acceptors (Lipinski definition) is 4. The normalized spacial score (nSPS) is 20.2. The summed E-state index contributed by atoms with van der Waals surface area (Å²) >= 11 is 0. The van der Waals surface area contributed by atoms with Crippen molar-refractivity contribution in [2.75, 3.05) is 26.3 Å². The highest BCUT2D eigenvalue weighted by Gasteiger charge is 2.32. The van der Waals surface area contributed by atoms with Crippen LogP contribution in [0.2, 0.25) is 0 Å². The molecule has 1 aliphatic rings. The third-order valence-electron chi connectivity index (χ3n) is 3.11. The minimum absolute atomic E-state index is 0.177. The van der Waals surface area contributed by atoms with E-state index in [4.69, 9.17) is 10.5 Å². The second kappa shape index (κ2) is 6.37. The van der Waals surface area contributed by atoms with Gasteiger partial charge in [-0.15, -0.1) is 0 Å². The summed E-state index contributed by atoms with van der Waals surface area (Å²) in [6.45, 7) is 3.23. The third kappa shape index (κ3) is 3.02. The van der Waals surface area contributed by atoms with Crippen LogP contribution in [-0.2, 0) is 14.8 Å². The molecule has 6 heteroatoms. The average Bonchev–Trinajstić information content (AvgIpc) is 2.45. The average molecular weight is 294 g/mol. The predicted molar refractivity (Wildman–Crippen MR) is 76.5 cm³/mol. The largest absolute Gasteiger partial charge is 0.378 e. The van der Waals surface area contributed by atoms with Crippen LogP contribution < -0.4 is 5.73 Å². The monoisotopic (exact) mass is 294 g/mol. The van der Waals surface area contributed by atoms with Crippen LogP contribution in [0.4, 0.5) is 0 Å². The number of nitrogens with zero attached hydrogens (tertiary/aromatic N) is 1. The van der Waals surface area contributed by atoms with Crippen molar-refractivity contribution in [3.05, 3.63) is 29.8 Å². The molecule has 1 aromatic rings. The van der Waals surface area contributed by atoms with Crippen LogP contribution in [-0.4, -0.2) is 45.1 Å². The van der Waals surface area contributed by atoms with Crippen molar-refractivity contribution in [3.8, 4) is 11.8 Å². The Hall–Kier alpha value is -1.39. The zero-order valence-electron chi connectivity index (χ0n) is 11.4. The van der Waals surface area contributed by atoms with E-state index in [0.717, 1.165) is 0 Å². The molecular formula is C14H18N2O3S. The fraction of sp³-hybridized carbons (Fsp3) is 0.429. The first kappa shape index (κ1) is 15.0. The van der Waals surface area contributed by atoms with Crippen molar-refractivity contribution in [1.29, 1.82) is 0 Å². The van der Waals surface area contributed by atoms with E-state index in [2.05, 4.69) is 11.8 Å². The zero-order chi connectivity index (χ0) is 14.6. The van der Waals surface area contributed by atoms with Crippen molar-refractivity contribution in [1.82, 2.24) is 4.31 Å². The summed E-state index contributed by atoms with van der Waals surface area (Å²) in [4.78, 5) is 0.231. The van der Waals surface area contributed by atoms with Gasteiger partial charge in [-0.25, -0.2) is 8.42 Å². The molecule has 0 saturated carbocycles. The second-order valence-corrected chi connectivity index (χ2v) is 6.40. The Bertz CT molecular complexity index is 631. The van der Waals surface area contributed by atoms with Gasteiger partial charge in [0.1, 0.15) is 0 Å². The van der Waals surface area contributed by atoms with E-state index >= 15 is 0 Å². The van der Waals surface area contributed by atoms with E-state index in [1.54, 1.807) is 24.3 Å². The molecule has 2 N–H and O–H groups in total. The van der Waals surface area contributed by atoms with Crippen LogP contribution in [0.5, 0.6) is 0 Å². The van der Waals surface area contributed by atoms with E-state index in [-0.39, 0.29) is 17.5 Å². The zero-order valence-corrected chi connectivity index (χ0v) is 12.2. The second-order valence-electron chi connectivity index (χ2n) is 4.54. The van der Waals surface area contributed by atoms with Crippen LogP contribution in [0.25, 0.3) is 0 Å². The lowest BCUT2D eigenvalue weighted by Gasteiger charge is -2.32. The van der Waals surface area contributed by atoms with Gasteiger partial charge in [0.15, 0.2) is 0 Å². The maximum Gasteiger partial charge on any atom is 0.244 e. The number of sulfonamides is 1. The van der Waals surface area contributed by atoms with Gasteiger partial charge in [-0.2, -0.15) is 4.31 Å². The first-order chi connectivity index (χ1) is 9.57. The molecule has 1 saturated heterocycles. The molecule has 0 aliphatic carbocycles. The van der Waals surface area contributed by atoms with Crippen LogP contribution >= 0.6 is 0 Å². The molecule has 0 aromatic heterocycles. The quantitative estimate of drug-likeness (QED) is 0.802. The minimum atomic E-state index is -3.56. The van der Waals surface area contributed by atoms with Gasteiger partial charge >= 0.3 is 0 Å². The van der Waals surface area contributed by atoms with E-state index in [0.29, 0.717) is 25.3 Å². The van der Waals surface area contributed by atoms with Gasteiger partial charge in [0, 0.05) is 18.2 Å². The minimum Gasteiger partial charge on any atom is -0.378 e. The molecule has 2 rings (SSSR count). The molecule has 1 aromatic carbocycles. The van der Waals surface area contributed by atoms with Crippen LogP contribution in [0.1, 0.15) is 12.5 Å². The summed E-state index contributed by atoms with van der Waals surface area (Å²) in [7, 11) is -3.56. The third-order valence-corrected chi connectivity index (χ3v) is 5.18. The van der Waals surface area contributed by atoms with Crippen LogP contribution in [0.3, 0.4) is 0 Å². The predicted octanol–water partition coefficient (Wildman–Crippen LogP) is 0.406. The maximum atomic E-state index is 12.8. The molecule has 1 fully saturated rings. The Morgan fingerprint density at radius 1 is 1.45 bits per heavy atom. The van der Waals surface area contributed by atoms with Gasteiger partial charge in [-0.3, -0.25) is 0 Å². The van der Waals surface area contributed by atoms with Gasteiger partial charge in [0.25, 0.3) is 0 Å². The highest BCUT2D eigenvalue weighted by Crippen LogP contribution is 2.23. The van der Waals surface area contributed by atoms with Gasteiger partial charge in [-0.1, -0.05) is 24.0 Å². The first-order valence-electron chi connectivity index (χ1n) is 6.45. The molecular weight excluding hydrogens is 276 g/mol. The molecule has 0 bridgehead atoms. The van der Waals surface area contributed by atoms with Crippen molar-refractivity contribution >= 4 is 10.0 Å². The summed E-state index contributed by atoms with van der Waals surface area (Å²) in [6.07, 6.45) is 0. The Morgan fingerprint density at radius 3 is 2.90 bits per heavy atom. The van der Waals surface area contributed by atoms with Crippen LogP contribution in [0, 0.1) is 11.8 Å². The molecule has 5 nitrogen and oxygen atoms in total. The Morgan fingerprint density at radius 2 is 2.20 bits per heavy atom. The Labute approximate surface area is 119 Å². The summed E-state index contributed by atoms with van der Waals surface area (Å²) in [5.41, 5.74) is 5.83. The highest BCUT2D eigenvalue weighted by atomic mass is 32.2. The van der Waals surface area contributed by atoms with E-state index in [1.807, 2.05) is 6.92 Å². The van der Waals surface area contributed by atoms with Crippen molar-refractivity contribution in [2.45, 2.75) is 17.9 Å². The van der Waals surface area contributed by atoms with Crippen molar-refractivity contribution < 1.29 is 13.2 Å². The SMILES string of the molecule is CC1COCCN1S(=O)(=O)c1ccccc1C#CCN. The Balaban J connectivity index is 2.44. The molecule has 1 unspecified atom stereocenters. The topological polar surface area (TPSA) is 72.6 Å². The number of rotatable bonds is 2. The standard InChI is InChI=1S/C14H18N2O3S/c1-12-11-19-10-9-16(12)20(17,18)14-7-3-2-5-13(14)6-4-8-15/h2-3,5,7,12H,8-11,15H2,1H3. The van der Waals surface area contributed by atoms with Gasteiger partial charge < -0.3 is 10.5 Å². The maximum absolute atomic E-state index is 12.8. The summed E-state index contributed by atoms with van der Waals surface area (Å²) in [5.74, 6) is 5.52. The number of nitrogens with two attached hydrogens (primary N) is 1. The summed E-state index contributed by atoms with van der Waals surface area (Å²) in [5, 5.41) is 0. The molecule has 1 atom stereocenters. The number of hydrogen-bond donors (Lipinski definition) is 1. The number of benzene rings is 1. The van der Waals surface area contributed by atoms with E-state index in [9.17, 15) is 8.42 Å². The fourth-order valence-electron chi connectivity index (χ4n) is 2.14. The van der Waals surface area contributed by atoms with Gasteiger partial charge in [-0.05, 0) is 19.1 Å². The molecule has 108 valence electrons. The molecule has 1 heterocycles. The lowest BCUT2D eigenvalue weighted by Crippen LogP contribution is -2.47. The van der Waals surface area contributed by atoms with E-state index in [1.165, 1.54) is 4.31 Å². The van der Waals surface area contributed by atoms with Crippen molar-refractivity contribution in [2.24, 2.45) is 5.73 Å². The van der Waals surface area contributed by atoms with E-state index < -0.39 is 10.0 Å². The number of ether oxygens (including phenoxy) is 1. The summed E-state index contributed by atoms with van der Waals surface area (Å²) in [6, 6.07) is 6.57. The van der Waals surface area contributed by atoms with Crippen molar-refractivity contribution in [3.63, 3.8) is 0 Å². The Kier molecular flexibility index (Phi) is 4.78. The van der Waals surface area contributed by atoms with Crippen LogP contribution in [0.15, 0.2) is 29.2 Å². The fourth-order valence-corrected chi connectivity index (χ4v) is 3.89. The number of morpholine rings is 1. The van der Waals surface area contributed by atoms with Gasteiger partial charge in [0.05, 0.1) is 24.7 Å². The lowest BCUT2D eigenvalue weighted by atomic mass is 10.2. The summed E-state index contributed by atoms with van der Waals surface area (Å²) < 4.78 is 32.3. The lowest BCUT2D eigenvalue weighted by molar-refractivity contribution is 0.0392. The molecule has 0 spiro atoms. The smallest absolute Gasteiger partial charge is 0.244 e. The van der Waals surface area contributed by atoms with Gasteiger partial charge in [0.2, 0.25) is 10.0 Å². The molecule has 1 aliphatic heterocycles. The molecule has 20 heavy (non-hydrogen) atoms. The molecule has 0 amide bonds.